The lowest BCUT2D eigenvalue weighted by atomic mass is 10.2. The van der Waals surface area contributed by atoms with Gasteiger partial charge in [-0.2, -0.15) is 0 Å². The van der Waals surface area contributed by atoms with Gasteiger partial charge in [0.25, 0.3) is 11.1 Å². The van der Waals surface area contributed by atoms with Gasteiger partial charge in [-0.05, 0) is 66.1 Å². The lowest BCUT2D eigenvalue weighted by molar-refractivity contribution is -0.135. The zero-order chi connectivity index (χ0) is 23.2. The first-order valence-corrected chi connectivity index (χ1v) is 11.8. The molecule has 3 amide bonds. The Bertz CT molecular complexity index is 1060. The number of imide groups is 1. The second-order valence-corrected chi connectivity index (χ2v) is 9.04. The quantitative estimate of drug-likeness (QED) is 0.568. The van der Waals surface area contributed by atoms with E-state index in [9.17, 15) is 18.8 Å². The number of hydrogen-bond acceptors (Lipinski definition) is 5. The first-order valence-electron chi connectivity index (χ1n) is 11.0. The predicted octanol–water partition coefficient (Wildman–Crippen LogP) is 4.84. The first-order chi connectivity index (χ1) is 16.0. The van der Waals surface area contributed by atoms with E-state index in [0.29, 0.717) is 24.4 Å². The average molecular weight is 469 g/mol. The summed E-state index contributed by atoms with van der Waals surface area (Å²) < 4.78 is 18.8. The van der Waals surface area contributed by atoms with Gasteiger partial charge in [-0.15, -0.1) is 0 Å². The second-order valence-electron chi connectivity index (χ2n) is 8.05. The highest BCUT2D eigenvalue weighted by Crippen LogP contribution is 2.32. The van der Waals surface area contributed by atoms with Crippen molar-refractivity contribution in [2.45, 2.75) is 32.3 Å². The normalized spacial score (nSPS) is 18.0. The monoisotopic (exact) mass is 468 g/mol. The van der Waals surface area contributed by atoms with Crippen LogP contribution < -0.4 is 4.74 Å². The highest BCUT2D eigenvalue weighted by atomic mass is 32.2. The molecular formula is C25H25FN2O4S. The molecule has 0 bridgehead atoms. The third kappa shape index (κ3) is 6.01. The van der Waals surface area contributed by atoms with Gasteiger partial charge in [0.2, 0.25) is 5.91 Å². The molecule has 2 heterocycles. The fourth-order valence-electron chi connectivity index (χ4n) is 3.78. The fourth-order valence-corrected chi connectivity index (χ4v) is 4.62. The van der Waals surface area contributed by atoms with Gasteiger partial charge in [0.1, 0.15) is 24.7 Å². The molecule has 0 radical (unpaired) electrons. The minimum absolute atomic E-state index is 0.184. The summed E-state index contributed by atoms with van der Waals surface area (Å²) in [6.07, 6.45) is 5.73. The zero-order valence-electron chi connectivity index (χ0n) is 18.2. The van der Waals surface area contributed by atoms with E-state index in [2.05, 4.69) is 0 Å². The summed E-state index contributed by atoms with van der Waals surface area (Å²) in [5.74, 6) is -0.353. The molecule has 2 aliphatic rings. The molecule has 2 aromatic carbocycles. The fraction of sp³-hybridized carbons (Fsp3) is 0.320. The Morgan fingerprint density at radius 2 is 1.76 bits per heavy atom. The number of benzene rings is 2. The summed E-state index contributed by atoms with van der Waals surface area (Å²) in [5, 5.41) is -0.432. The van der Waals surface area contributed by atoms with Crippen LogP contribution in [0.5, 0.6) is 5.75 Å². The van der Waals surface area contributed by atoms with Crippen LogP contribution in [0.3, 0.4) is 0 Å². The Hall–Kier alpha value is -3.13. The first kappa shape index (κ1) is 23.0. The van der Waals surface area contributed by atoms with Gasteiger partial charge in [-0.1, -0.05) is 37.1 Å². The minimum atomic E-state index is -0.453. The van der Waals surface area contributed by atoms with Gasteiger partial charge in [0.05, 0.1) is 4.91 Å². The standard InChI is InChI=1S/C25H25FN2O4S/c26-20-10-8-18(9-11-20)17-32-21-7-5-6-19(14-21)15-22-24(30)28(25(31)33-22)16-23(29)27-12-3-1-2-4-13-27/h5-11,14-15H,1-4,12-13,16-17H2. The maximum atomic E-state index is 13.0. The maximum absolute atomic E-state index is 13.0. The number of hydrogen-bond donors (Lipinski definition) is 0. The van der Waals surface area contributed by atoms with E-state index in [1.54, 1.807) is 47.4 Å². The number of halogens is 1. The SMILES string of the molecule is O=C(CN1C(=O)SC(=Cc2cccc(OCc3ccc(F)cc3)c2)C1=O)N1CCCCCC1. The Balaban J connectivity index is 1.39. The molecule has 33 heavy (non-hydrogen) atoms. The third-order valence-corrected chi connectivity index (χ3v) is 6.51. The summed E-state index contributed by atoms with van der Waals surface area (Å²) >= 11 is 0.838. The summed E-state index contributed by atoms with van der Waals surface area (Å²) in [5.41, 5.74) is 1.54. The lowest BCUT2D eigenvalue weighted by Crippen LogP contribution is -2.42. The Morgan fingerprint density at radius 1 is 1.03 bits per heavy atom. The van der Waals surface area contributed by atoms with Gasteiger partial charge in [0.15, 0.2) is 0 Å². The molecule has 2 saturated heterocycles. The van der Waals surface area contributed by atoms with Gasteiger partial charge < -0.3 is 9.64 Å². The van der Waals surface area contributed by atoms with Crippen molar-refractivity contribution >= 4 is 34.9 Å². The molecule has 8 heteroatoms. The summed E-state index contributed by atoms with van der Waals surface area (Å²) in [6, 6.07) is 13.2. The number of rotatable bonds is 6. The largest absolute Gasteiger partial charge is 0.489 e. The van der Waals surface area contributed by atoms with Gasteiger partial charge in [-0.25, -0.2) is 4.39 Å². The van der Waals surface area contributed by atoms with Crippen LogP contribution in [0.4, 0.5) is 9.18 Å². The van der Waals surface area contributed by atoms with E-state index in [4.69, 9.17) is 4.74 Å². The summed E-state index contributed by atoms with van der Waals surface area (Å²) in [7, 11) is 0. The Labute approximate surface area is 196 Å². The van der Waals surface area contributed by atoms with Crippen molar-refractivity contribution in [2.75, 3.05) is 19.6 Å². The van der Waals surface area contributed by atoms with Crippen LogP contribution in [0, 0.1) is 5.82 Å². The molecule has 2 fully saturated rings. The Morgan fingerprint density at radius 3 is 2.48 bits per heavy atom. The highest BCUT2D eigenvalue weighted by Gasteiger charge is 2.37. The zero-order valence-corrected chi connectivity index (χ0v) is 19.0. The van der Waals surface area contributed by atoms with Crippen molar-refractivity contribution < 1.29 is 23.5 Å². The number of ether oxygens (including phenoxy) is 1. The maximum Gasteiger partial charge on any atom is 0.294 e. The molecule has 0 N–H and O–H groups in total. The highest BCUT2D eigenvalue weighted by molar-refractivity contribution is 8.18. The van der Waals surface area contributed by atoms with E-state index in [1.165, 1.54) is 12.1 Å². The van der Waals surface area contributed by atoms with Crippen LogP contribution in [-0.2, 0) is 16.2 Å². The number of carbonyl (C=O) groups excluding carboxylic acids is 3. The van der Waals surface area contributed by atoms with Crippen molar-refractivity contribution in [3.8, 4) is 5.75 Å². The van der Waals surface area contributed by atoms with E-state index in [-0.39, 0.29) is 29.8 Å². The molecule has 6 nitrogen and oxygen atoms in total. The Kier molecular flexibility index (Phi) is 7.44. The molecule has 0 aromatic heterocycles. The number of carbonyl (C=O) groups is 3. The topological polar surface area (TPSA) is 66.9 Å². The summed E-state index contributed by atoms with van der Waals surface area (Å²) in [4.78, 5) is 40.9. The van der Waals surface area contributed by atoms with Crippen molar-refractivity contribution in [1.29, 1.82) is 0 Å². The van der Waals surface area contributed by atoms with Crippen molar-refractivity contribution in [3.05, 3.63) is 70.4 Å². The van der Waals surface area contributed by atoms with Crippen LogP contribution >= 0.6 is 11.8 Å². The van der Waals surface area contributed by atoms with Crippen molar-refractivity contribution in [3.63, 3.8) is 0 Å². The van der Waals surface area contributed by atoms with Crippen LogP contribution in [0.2, 0.25) is 0 Å². The molecule has 0 aliphatic carbocycles. The number of thioether (sulfide) groups is 1. The molecular weight excluding hydrogens is 443 g/mol. The van der Waals surface area contributed by atoms with Crippen LogP contribution in [0.15, 0.2) is 53.4 Å². The van der Waals surface area contributed by atoms with Gasteiger partial charge in [-0.3, -0.25) is 19.3 Å². The van der Waals surface area contributed by atoms with Gasteiger partial charge >= 0.3 is 0 Å². The smallest absolute Gasteiger partial charge is 0.294 e. The second kappa shape index (κ2) is 10.7. The van der Waals surface area contributed by atoms with Gasteiger partial charge in [0, 0.05) is 13.1 Å². The molecule has 0 saturated carbocycles. The van der Waals surface area contributed by atoms with Crippen LogP contribution in [0.1, 0.15) is 36.8 Å². The van der Waals surface area contributed by atoms with Crippen LogP contribution in [-0.4, -0.2) is 46.5 Å². The predicted molar refractivity (Wildman–Crippen MR) is 125 cm³/mol. The molecule has 0 unspecified atom stereocenters. The molecule has 2 aromatic rings. The lowest BCUT2D eigenvalue weighted by Gasteiger charge is -2.22. The summed E-state index contributed by atoms with van der Waals surface area (Å²) in [6.45, 7) is 1.41. The van der Waals surface area contributed by atoms with Crippen molar-refractivity contribution in [1.82, 2.24) is 9.80 Å². The molecule has 4 rings (SSSR count). The molecule has 172 valence electrons. The third-order valence-electron chi connectivity index (χ3n) is 5.60. The van der Waals surface area contributed by atoms with E-state index >= 15 is 0 Å². The molecule has 0 spiro atoms. The minimum Gasteiger partial charge on any atom is -0.489 e. The molecule has 2 aliphatic heterocycles. The number of likely N-dealkylation sites (tertiary alicyclic amines) is 1. The number of nitrogens with zero attached hydrogens (tertiary/aromatic N) is 2. The number of amides is 3. The average Bonchev–Trinajstić information content (AvgIpc) is 3.00. The van der Waals surface area contributed by atoms with E-state index in [1.807, 2.05) is 0 Å². The van der Waals surface area contributed by atoms with E-state index < -0.39 is 11.1 Å². The van der Waals surface area contributed by atoms with Crippen LogP contribution in [0.25, 0.3) is 6.08 Å². The van der Waals surface area contributed by atoms with Crippen molar-refractivity contribution in [2.24, 2.45) is 0 Å². The van der Waals surface area contributed by atoms with E-state index in [0.717, 1.165) is 47.9 Å². The molecule has 0 atom stereocenters.